The molecular formula is C20H32N4O. The van der Waals surface area contributed by atoms with Crippen LogP contribution in [0.1, 0.15) is 44.1 Å². The van der Waals surface area contributed by atoms with Crippen molar-refractivity contribution in [3.05, 3.63) is 29.8 Å². The van der Waals surface area contributed by atoms with Crippen LogP contribution in [0.2, 0.25) is 0 Å². The van der Waals surface area contributed by atoms with E-state index in [4.69, 9.17) is 9.73 Å². The highest BCUT2D eigenvalue weighted by Crippen LogP contribution is 2.33. The van der Waals surface area contributed by atoms with Gasteiger partial charge in [0.2, 0.25) is 0 Å². The minimum absolute atomic E-state index is 0.447. The summed E-state index contributed by atoms with van der Waals surface area (Å²) in [6.07, 6.45) is 5.11. The molecule has 1 unspecified atom stereocenters. The van der Waals surface area contributed by atoms with Gasteiger partial charge < -0.3 is 20.3 Å². The van der Waals surface area contributed by atoms with Gasteiger partial charge in [-0.2, -0.15) is 0 Å². The van der Waals surface area contributed by atoms with E-state index < -0.39 is 0 Å². The molecule has 25 heavy (non-hydrogen) atoms. The number of hydrogen-bond donors (Lipinski definition) is 2. The molecule has 1 atom stereocenters. The SMILES string of the molecule is CCNC(=NCC1CCOc2ccccc21)NCCN1CCCCC1. The molecule has 1 saturated heterocycles. The number of rotatable bonds is 6. The van der Waals surface area contributed by atoms with Crippen LogP contribution in [0.5, 0.6) is 5.75 Å². The van der Waals surface area contributed by atoms with E-state index in [1.807, 2.05) is 6.07 Å². The summed E-state index contributed by atoms with van der Waals surface area (Å²) < 4.78 is 5.75. The molecule has 1 fully saturated rings. The highest BCUT2D eigenvalue weighted by molar-refractivity contribution is 5.79. The molecule has 5 nitrogen and oxygen atoms in total. The molecule has 0 aliphatic carbocycles. The second kappa shape index (κ2) is 9.66. The molecule has 5 heteroatoms. The number of nitrogens with zero attached hydrogens (tertiary/aromatic N) is 2. The zero-order valence-corrected chi connectivity index (χ0v) is 15.5. The van der Waals surface area contributed by atoms with Gasteiger partial charge in [-0.1, -0.05) is 24.6 Å². The fourth-order valence-corrected chi connectivity index (χ4v) is 3.66. The maximum Gasteiger partial charge on any atom is 0.191 e. The van der Waals surface area contributed by atoms with Gasteiger partial charge in [0.15, 0.2) is 5.96 Å². The largest absolute Gasteiger partial charge is 0.493 e. The highest BCUT2D eigenvalue weighted by Gasteiger charge is 2.20. The summed E-state index contributed by atoms with van der Waals surface area (Å²) in [5.41, 5.74) is 1.29. The Labute approximate surface area is 151 Å². The van der Waals surface area contributed by atoms with Crippen LogP contribution in [0, 0.1) is 0 Å². The molecule has 2 aliphatic rings. The van der Waals surface area contributed by atoms with Gasteiger partial charge in [0.05, 0.1) is 6.61 Å². The zero-order valence-electron chi connectivity index (χ0n) is 15.5. The number of benzene rings is 1. The molecule has 2 N–H and O–H groups in total. The Bertz CT molecular complexity index is 554. The molecule has 2 aliphatic heterocycles. The van der Waals surface area contributed by atoms with Crippen molar-refractivity contribution in [1.29, 1.82) is 0 Å². The average Bonchev–Trinajstić information content (AvgIpc) is 2.67. The summed E-state index contributed by atoms with van der Waals surface area (Å²) in [4.78, 5) is 7.39. The van der Waals surface area contributed by atoms with Crippen molar-refractivity contribution >= 4 is 5.96 Å². The minimum atomic E-state index is 0.447. The lowest BCUT2D eigenvalue weighted by Gasteiger charge is -2.27. The van der Waals surface area contributed by atoms with Gasteiger partial charge in [0.1, 0.15) is 5.75 Å². The maximum absolute atomic E-state index is 5.75. The Morgan fingerprint density at radius 1 is 1.20 bits per heavy atom. The number of likely N-dealkylation sites (tertiary alicyclic amines) is 1. The molecule has 0 saturated carbocycles. The molecule has 0 spiro atoms. The Balaban J connectivity index is 1.51. The second-order valence-electron chi connectivity index (χ2n) is 6.92. The molecule has 0 bridgehead atoms. The molecule has 1 aromatic carbocycles. The fourth-order valence-electron chi connectivity index (χ4n) is 3.66. The first kappa shape index (κ1) is 18.1. The van der Waals surface area contributed by atoms with E-state index in [0.29, 0.717) is 5.92 Å². The lowest BCUT2D eigenvalue weighted by Crippen LogP contribution is -2.42. The van der Waals surface area contributed by atoms with Gasteiger partial charge in [-0.05, 0) is 50.9 Å². The molecule has 2 heterocycles. The van der Waals surface area contributed by atoms with Crippen molar-refractivity contribution in [2.45, 2.75) is 38.5 Å². The summed E-state index contributed by atoms with van der Waals surface area (Å²) in [5.74, 6) is 2.41. The number of piperidine rings is 1. The van der Waals surface area contributed by atoms with E-state index in [0.717, 1.165) is 50.9 Å². The molecule has 3 rings (SSSR count). The number of ether oxygens (including phenoxy) is 1. The van der Waals surface area contributed by atoms with Crippen molar-refractivity contribution in [2.24, 2.45) is 4.99 Å². The molecule has 0 amide bonds. The van der Waals surface area contributed by atoms with Crippen molar-refractivity contribution < 1.29 is 4.74 Å². The van der Waals surface area contributed by atoms with Crippen LogP contribution < -0.4 is 15.4 Å². The van der Waals surface area contributed by atoms with Crippen molar-refractivity contribution in [2.75, 3.05) is 45.9 Å². The van der Waals surface area contributed by atoms with Crippen molar-refractivity contribution in [3.8, 4) is 5.75 Å². The lowest BCUT2D eigenvalue weighted by atomic mass is 9.93. The average molecular weight is 345 g/mol. The summed E-state index contributed by atoms with van der Waals surface area (Å²) in [6, 6.07) is 8.36. The smallest absolute Gasteiger partial charge is 0.191 e. The van der Waals surface area contributed by atoms with Gasteiger partial charge >= 0.3 is 0 Å². The van der Waals surface area contributed by atoms with E-state index in [-0.39, 0.29) is 0 Å². The quantitative estimate of drug-likeness (QED) is 0.615. The Hall–Kier alpha value is -1.75. The van der Waals surface area contributed by atoms with E-state index in [1.165, 1.54) is 37.9 Å². The molecule has 0 aromatic heterocycles. The highest BCUT2D eigenvalue weighted by atomic mass is 16.5. The number of para-hydroxylation sites is 1. The Morgan fingerprint density at radius 2 is 2.04 bits per heavy atom. The number of guanidine groups is 1. The Morgan fingerprint density at radius 3 is 2.88 bits per heavy atom. The van der Waals surface area contributed by atoms with Crippen molar-refractivity contribution in [3.63, 3.8) is 0 Å². The molecule has 138 valence electrons. The van der Waals surface area contributed by atoms with Crippen LogP contribution in [0.15, 0.2) is 29.3 Å². The van der Waals surface area contributed by atoms with Crippen LogP contribution in [0.25, 0.3) is 0 Å². The van der Waals surface area contributed by atoms with Gasteiger partial charge in [-0.25, -0.2) is 0 Å². The van der Waals surface area contributed by atoms with Crippen LogP contribution in [0.3, 0.4) is 0 Å². The predicted molar refractivity (Wildman–Crippen MR) is 104 cm³/mol. The van der Waals surface area contributed by atoms with E-state index in [2.05, 4.69) is 40.7 Å². The first-order valence-electron chi connectivity index (χ1n) is 9.83. The third-order valence-corrected chi connectivity index (χ3v) is 5.07. The van der Waals surface area contributed by atoms with Gasteiger partial charge in [0, 0.05) is 32.1 Å². The summed E-state index contributed by atoms with van der Waals surface area (Å²) in [6.45, 7) is 9.14. The van der Waals surface area contributed by atoms with Crippen LogP contribution in [-0.2, 0) is 0 Å². The zero-order chi connectivity index (χ0) is 17.3. The number of hydrogen-bond acceptors (Lipinski definition) is 3. The van der Waals surface area contributed by atoms with Crippen LogP contribution >= 0.6 is 0 Å². The van der Waals surface area contributed by atoms with Gasteiger partial charge in [-0.3, -0.25) is 4.99 Å². The minimum Gasteiger partial charge on any atom is -0.493 e. The van der Waals surface area contributed by atoms with Crippen LogP contribution in [0.4, 0.5) is 0 Å². The van der Waals surface area contributed by atoms with E-state index >= 15 is 0 Å². The topological polar surface area (TPSA) is 48.9 Å². The van der Waals surface area contributed by atoms with E-state index in [1.54, 1.807) is 0 Å². The normalized spacial score (nSPS) is 21.3. The monoisotopic (exact) mass is 344 g/mol. The molecule has 1 aromatic rings. The third-order valence-electron chi connectivity index (χ3n) is 5.07. The Kier molecular flexibility index (Phi) is 6.98. The van der Waals surface area contributed by atoms with Crippen LogP contribution in [-0.4, -0.2) is 56.7 Å². The maximum atomic E-state index is 5.75. The fraction of sp³-hybridized carbons (Fsp3) is 0.650. The molecular weight excluding hydrogens is 312 g/mol. The summed E-state index contributed by atoms with van der Waals surface area (Å²) in [5, 5.41) is 6.87. The van der Waals surface area contributed by atoms with Gasteiger partial charge in [0.25, 0.3) is 0 Å². The second-order valence-corrected chi connectivity index (χ2v) is 6.92. The predicted octanol–water partition coefficient (Wildman–Crippen LogP) is 2.59. The standard InChI is InChI=1S/C20H32N4O/c1-2-21-20(22-11-14-24-12-6-3-7-13-24)23-16-17-10-15-25-19-9-5-4-8-18(17)19/h4-5,8-9,17H,2-3,6-7,10-16H2,1H3,(H2,21,22,23). The number of fused-ring (bicyclic) bond motifs is 1. The van der Waals surface area contributed by atoms with Crippen molar-refractivity contribution in [1.82, 2.24) is 15.5 Å². The first-order valence-corrected chi connectivity index (χ1v) is 9.83. The number of aliphatic imine (C=N–C) groups is 1. The third kappa shape index (κ3) is 5.36. The van der Waals surface area contributed by atoms with E-state index in [9.17, 15) is 0 Å². The number of nitrogens with one attached hydrogen (secondary N) is 2. The lowest BCUT2D eigenvalue weighted by molar-refractivity contribution is 0.232. The molecule has 0 radical (unpaired) electrons. The summed E-state index contributed by atoms with van der Waals surface area (Å²) >= 11 is 0. The summed E-state index contributed by atoms with van der Waals surface area (Å²) in [7, 11) is 0. The van der Waals surface area contributed by atoms with Gasteiger partial charge in [-0.15, -0.1) is 0 Å². The first-order chi connectivity index (χ1) is 12.4.